The second-order valence-electron chi connectivity index (χ2n) is 7.99. The summed E-state index contributed by atoms with van der Waals surface area (Å²) < 4.78 is 80.3. The first-order valence-corrected chi connectivity index (χ1v) is 9.11. The van der Waals surface area contributed by atoms with Gasteiger partial charge < -0.3 is 15.2 Å². The summed E-state index contributed by atoms with van der Waals surface area (Å²) in [7, 11) is 0. The first-order valence-electron chi connectivity index (χ1n) is 9.11. The monoisotopic (exact) mass is 431 g/mol. The van der Waals surface area contributed by atoms with E-state index in [2.05, 4.69) is 9.97 Å². The van der Waals surface area contributed by atoms with Crippen LogP contribution in [-0.4, -0.2) is 44.1 Å². The van der Waals surface area contributed by atoms with Crippen molar-refractivity contribution in [2.75, 3.05) is 12.3 Å². The standard InChI is InChI=1S/C18H15F6N5O/c1-7(30)28-5-10-13-14(28)17(10,13)29-6-11(27-12(29)3-16(19,20)21)8-2-9(18(22,23)24)15(25)26-4-8/h2,4,6,10,13-14H,3,5H2,1H3,(H2,25,26)/t10-,13-,14?,17-/m0/s1. The summed E-state index contributed by atoms with van der Waals surface area (Å²) in [5.74, 6) is -1.06. The van der Waals surface area contributed by atoms with Crippen molar-refractivity contribution in [2.45, 2.75) is 37.3 Å². The number of rotatable bonds is 3. The molecule has 12 heteroatoms. The molecule has 6 nitrogen and oxygen atoms in total. The molecule has 0 aromatic carbocycles. The number of pyridine rings is 1. The molecule has 2 aromatic heterocycles. The third-order valence-corrected chi connectivity index (χ3v) is 6.37. The predicted octanol–water partition coefficient (Wildman–Crippen LogP) is 2.84. The van der Waals surface area contributed by atoms with Crippen LogP contribution in [0.5, 0.6) is 0 Å². The summed E-state index contributed by atoms with van der Waals surface area (Å²) in [6.45, 7) is 1.87. The van der Waals surface area contributed by atoms with E-state index in [4.69, 9.17) is 5.73 Å². The van der Waals surface area contributed by atoms with Crippen molar-refractivity contribution >= 4 is 11.7 Å². The molecular formula is C18H15F6N5O. The highest BCUT2D eigenvalue weighted by Gasteiger charge is 2.94. The van der Waals surface area contributed by atoms with Gasteiger partial charge in [-0.2, -0.15) is 26.3 Å². The van der Waals surface area contributed by atoms with Gasteiger partial charge in [-0.15, -0.1) is 0 Å². The molecule has 4 heterocycles. The summed E-state index contributed by atoms with van der Waals surface area (Å²) in [5.41, 5.74) is 3.36. The zero-order valence-corrected chi connectivity index (χ0v) is 15.4. The maximum absolute atomic E-state index is 13.2. The van der Waals surface area contributed by atoms with Crippen LogP contribution in [0.2, 0.25) is 0 Å². The molecule has 2 aromatic rings. The molecule has 0 spiro atoms. The van der Waals surface area contributed by atoms with Crippen LogP contribution in [0.3, 0.4) is 0 Å². The number of anilines is 1. The van der Waals surface area contributed by atoms with Gasteiger partial charge in [0.25, 0.3) is 0 Å². The molecule has 1 amide bonds. The lowest BCUT2D eigenvalue weighted by molar-refractivity contribution is -0.137. The molecule has 160 valence electrons. The molecular weight excluding hydrogens is 416 g/mol. The number of amides is 1. The summed E-state index contributed by atoms with van der Waals surface area (Å²) in [6.07, 6.45) is -8.24. The number of halogens is 6. The smallest absolute Gasteiger partial charge is 0.383 e. The van der Waals surface area contributed by atoms with Gasteiger partial charge in [-0.25, -0.2) is 9.97 Å². The van der Waals surface area contributed by atoms with Crippen molar-refractivity contribution in [3.05, 3.63) is 29.8 Å². The van der Waals surface area contributed by atoms with Gasteiger partial charge in [0.05, 0.1) is 22.8 Å². The number of aromatic nitrogens is 3. The molecule has 0 radical (unpaired) electrons. The molecule has 4 aliphatic rings. The molecule has 2 aliphatic carbocycles. The molecule has 2 aliphatic heterocycles. The molecule has 6 rings (SSSR count). The Bertz CT molecular complexity index is 1070. The van der Waals surface area contributed by atoms with E-state index in [1.54, 1.807) is 4.90 Å². The summed E-state index contributed by atoms with van der Waals surface area (Å²) in [5, 5.41) is 0. The maximum atomic E-state index is 13.2. The number of carbonyl (C=O) groups is 1. The molecule has 1 unspecified atom stereocenters. The average molecular weight is 431 g/mol. The Balaban J connectivity index is 1.57. The number of carbonyl (C=O) groups excluding carboxylic acids is 1. The third kappa shape index (κ3) is 2.48. The number of hydrogen-bond acceptors (Lipinski definition) is 4. The Hall–Kier alpha value is -2.79. The van der Waals surface area contributed by atoms with E-state index < -0.39 is 35.7 Å². The minimum absolute atomic E-state index is 0.0377. The van der Waals surface area contributed by atoms with E-state index in [0.717, 1.165) is 12.3 Å². The lowest BCUT2D eigenvalue weighted by Crippen LogP contribution is -2.30. The summed E-state index contributed by atoms with van der Waals surface area (Å²) in [4.78, 5) is 21.0. The first kappa shape index (κ1) is 19.2. The molecule has 4 fully saturated rings. The average Bonchev–Trinajstić information content (AvgIpc) is 3.18. The van der Waals surface area contributed by atoms with Crippen molar-refractivity contribution in [2.24, 2.45) is 11.8 Å². The molecule has 30 heavy (non-hydrogen) atoms. The van der Waals surface area contributed by atoms with Crippen LogP contribution < -0.4 is 5.73 Å². The SMILES string of the molecule is CC(=O)N1C[C@H]2[C@H]3C1[C@@]32n1cc(-c2cnc(N)c(C(F)(F)F)c2)nc1CC(F)(F)F. The van der Waals surface area contributed by atoms with E-state index in [-0.39, 0.29) is 40.9 Å². The van der Waals surface area contributed by atoms with Gasteiger partial charge in [0.15, 0.2) is 0 Å². The fourth-order valence-electron chi connectivity index (χ4n) is 5.09. The number of imidazole rings is 1. The van der Waals surface area contributed by atoms with Crippen LogP contribution in [0.25, 0.3) is 11.3 Å². The van der Waals surface area contributed by atoms with Crippen molar-refractivity contribution in [3.8, 4) is 11.3 Å². The number of alkyl halides is 6. The van der Waals surface area contributed by atoms with E-state index in [1.165, 1.54) is 17.7 Å². The number of piperidine rings is 1. The van der Waals surface area contributed by atoms with Gasteiger partial charge in [-0.3, -0.25) is 4.79 Å². The normalized spacial score (nSPS) is 29.2. The van der Waals surface area contributed by atoms with Crippen LogP contribution in [0, 0.1) is 11.8 Å². The van der Waals surface area contributed by atoms with E-state index in [9.17, 15) is 31.1 Å². The maximum Gasteiger partial charge on any atom is 0.419 e. The van der Waals surface area contributed by atoms with Crippen molar-refractivity contribution in [1.29, 1.82) is 0 Å². The quantitative estimate of drug-likeness (QED) is 0.759. The largest absolute Gasteiger partial charge is 0.419 e. The van der Waals surface area contributed by atoms with E-state index >= 15 is 0 Å². The molecule has 2 N–H and O–H groups in total. The Morgan fingerprint density at radius 1 is 1.30 bits per heavy atom. The van der Waals surface area contributed by atoms with Gasteiger partial charge in [-0.1, -0.05) is 0 Å². The zero-order chi connectivity index (χ0) is 21.8. The highest BCUT2D eigenvalue weighted by atomic mass is 19.4. The fourth-order valence-corrected chi connectivity index (χ4v) is 5.09. The summed E-state index contributed by atoms with van der Waals surface area (Å²) >= 11 is 0. The van der Waals surface area contributed by atoms with Crippen LogP contribution in [0.15, 0.2) is 18.5 Å². The lowest BCUT2D eigenvalue weighted by atomic mass is 10.1. The van der Waals surface area contributed by atoms with Crippen molar-refractivity contribution in [3.63, 3.8) is 0 Å². The van der Waals surface area contributed by atoms with Gasteiger partial charge >= 0.3 is 12.4 Å². The van der Waals surface area contributed by atoms with Crippen LogP contribution in [-0.2, 0) is 22.9 Å². The Kier molecular flexibility index (Phi) is 3.50. The van der Waals surface area contributed by atoms with Crippen molar-refractivity contribution < 1.29 is 31.1 Å². The molecule has 2 bridgehead atoms. The second-order valence-corrected chi connectivity index (χ2v) is 7.99. The first-order chi connectivity index (χ1) is 13.9. The van der Waals surface area contributed by atoms with Crippen LogP contribution >= 0.6 is 0 Å². The van der Waals surface area contributed by atoms with Crippen LogP contribution in [0.1, 0.15) is 18.3 Å². The molecule has 2 saturated heterocycles. The van der Waals surface area contributed by atoms with Gasteiger partial charge in [0.1, 0.15) is 18.1 Å². The zero-order valence-electron chi connectivity index (χ0n) is 15.4. The Morgan fingerprint density at radius 2 is 2.00 bits per heavy atom. The lowest BCUT2D eigenvalue weighted by Gasteiger charge is -2.17. The Labute approximate surface area is 165 Å². The van der Waals surface area contributed by atoms with E-state index in [1.807, 2.05) is 0 Å². The van der Waals surface area contributed by atoms with Crippen molar-refractivity contribution in [1.82, 2.24) is 19.4 Å². The molecule has 4 atom stereocenters. The highest BCUT2D eigenvalue weighted by Crippen LogP contribution is 2.83. The number of fused-ring (bicyclic) bond motifs is 1. The Morgan fingerprint density at radius 3 is 2.53 bits per heavy atom. The highest BCUT2D eigenvalue weighted by molar-refractivity contribution is 5.77. The van der Waals surface area contributed by atoms with E-state index in [0.29, 0.717) is 6.54 Å². The minimum Gasteiger partial charge on any atom is -0.383 e. The number of nitrogens with zero attached hydrogens (tertiary/aromatic N) is 4. The number of nitrogens with two attached hydrogens (primary N) is 1. The topological polar surface area (TPSA) is 77.0 Å². The van der Waals surface area contributed by atoms with Crippen LogP contribution in [0.4, 0.5) is 32.2 Å². The van der Waals surface area contributed by atoms with Gasteiger partial charge in [0.2, 0.25) is 5.91 Å². The fraction of sp³-hybridized carbons (Fsp3) is 0.500. The van der Waals surface area contributed by atoms with Gasteiger partial charge in [0, 0.05) is 43.3 Å². The minimum atomic E-state index is -4.76. The third-order valence-electron chi connectivity index (χ3n) is 6.37. The number of hydrogen-bond donors (Lipinski definition) is 1. The molecule has 2 saturated carbocycles. The number of nitrogen functional groups attached to an aromatic ring is 1. The summed E-state index contributed by atoms with van der Waals surface area (Å²) in [6, 6.07) is 0.543. The predicted molar refractivity (Wildman–Crippen MR) is 90.8 cm³/mol. The van der Waals surface area contributed by atoms with Gasteiger partial charge in [-0.05, 0) is 6.07 Å². The second kappa shape index (κ2) is 5.46.